The number of nitrogens with zero attached hydrogens (tertiary/aromatic N) is 8. The van der Waals surface area contributed by atoms with Gasteiger partial charge in [-0.2, -0.15) is 10.2 Å². The van der Waals surface area contributed by atoms with Crippen LogP contribution in [0.4, 0.5) is 33.8 Å². The van der Waals surface area contributed by atoms with Crippen molar-refractivity contribution < 1.29 is 9.53 Å². The maximum Gasteiger partial charge on any atom is 0.409 e. The van der Waals surface area contributed by atoms with Crippen molar-refractivity contribution in [1.29, 1.82) is 5.26 Å². The summed E-state index contributed by atoms with van der Waals surface area (Å²) in [5.41, 5.74) is 2.15. The van der Waals surface area contributed by atoms with Crippen molar-refractivity contribution >= 4 is 52.3 Å². The van der Waals surface area contributed by atoms with E-state index < -0.39 is 0 Å². The van der Waals surface area contributed by atoms with Crippen LogP contribution in [0.25, 0.3) is 10.5 Å². The van der Waals surface area contributed by atoms with Gasteiger partial charge in [0.1, 0.15) is 0 Å². The molecule has 0 spiro atoms. The van der Waals surface area contributed by atoms with Crippen LogP contribution in [0, 0.1) is 29.7 Å². The van der Waals surface area contributed by atoms with Gasteiger partial charge in [-0.1, -0.05) is 23.3 Å². The number of imidazole rings is 1. The molecule has 1 aromatic carbocycles. The smallest absolute Gasteiger partial charge is 0.409 e. The average Bonchev–Trinajstić information content (AvgIpc) is 3.29. The number of halogens is 1. The zero-order chi connectivity index (χ0) is 25.7. The van der Waals surface area contributed by atoms with E-state index in [1.165, 1.54) is 17.8 Å². The fraction of sp³-hybridized carbons (Fsp3) is 0.417. The fourth-order valence-electron chi connectivity index (χ4n) is 5.10. The van der Waals surface area contributed by atoms with E-state index in [-0.39, 0.29) is 17.9 Å². The second-order valence-corrected chi connectivity index (χ2v) is 9.94. The number of likely N-dealkylation sites (tertiary alicyclic amines) is 1. The number of benzene rings is 1. The number of carbonyl (C=O) groups is 1. The molecule has 2 unspecified atom stereocenters. The van der Waals surface area contributed by atoms with Crippen molar-refractivity contribution in [1.82, 2.24) is 24.5 Å². The minimum atomic E-state index is -0.302. The van der Waals surface area contributed by atoms with Gasteiger partial charge in [0, 0.05) is 44.1 Å². The number of anilines is 4. The minimum absolute atomic E-state index is 0.230. The summed E-state index contributed by atoms with van der Waals surface area (Å²) < 4.78 is 6.32. The van der Waals surface area contributed by atoms with Crippen molar-refractivity contribution in [2.45, 2.75) is 18.9 Å². The summed E-state index contributed by atoms with van der Waals surface area (Å²) in [5, 5.41) is 21.1. The van der Waals surface area contributed by atoms with Crippen LogP contribution in [0.15, 0.2) is 18.3 Å². The first-order chi connectivity index (χ1) is 18.0. The number of ether oxygens (including phenoxy) is 1. The van der Waals surface area contributed by atoms with E-state index in [0.29, 0.717) is 71.8 Å². The molecule has 0 bridgehead atoms. The van der Waals surface area contributed by atoms with Gasteiger partial charge >= 0.3 is 6.09 Å². The molecule has 1 aliphatic carbocycles. The van der Waals surface area contributed by atoms with Crippen molar-refractivity contribution in [3.05, 3.63) is 40.3 Å². The first-order valence-corrected chi connectivity index (χ1v) is 12.3. The molecule has 2 N–H and O–H groups in total. The molecular formula is C24H23ClN10O2. The van der Waals surface area contributed by atoms with E-state index in [9.17, 15) is 10.1 Å². The average molecular weight is 519 g/mol. The van der Waals surface area contributed by atoms with Gasteiger partial charge in [0.2, 0.25) is 0 Å². The highest BCUT2D eigenvalue weighted by Crippen LogP contribution is 2.41. The molecule has 1 amide bonds. The van der Waals surface area contributed by atoms with Crippen LogP contribution in [0.3, 0.4) is 0 Å². The summed E-state index contributed by atoms with van der Waals surface area (Å²) in [6.07, 6.45) is 3.25. The molecule has 2 atom stereocenters. The lowest BCUT2D eigenvalue weighted by Crippen LogP contribution is -2.33. The maximum absolute atomic E-state index is 11.9. The first kappa shape index (κ1) is 23.1. The van der Waals surface area contributed by atoms with Gasteiger partial charge in [-0.25, -0.2) is 9.78 Å². The number of fused-ring (bicyclic) bond motifs is 2. The third kappa shape index (κ3) is 4.19. The van der Waals surface area contributed by atoms with Crippen molar-refractivity contribution in [2.75, 3.05) is 48.8 Å². The Bertz CT molecular complexity index is 1470. The van der Waals surface area contributed by atoms with E-state index in [0.717, 1.165) is 18.5 Å². The summed E-state index contributed by atoms with van der Waals surface area (Å²) in [6, 6.07) is 5.97. The molecular weight excluding hydrogens is 496 g/mol. The zero-order valence-corrected chi connectivity index (χ0v) is 20.7. The molecule has 37 heavy (non-hydrogen) atoms. The van der Waals surface area contributed by atoms with Crippen molar-refractivity contribution in [3.63, 3.8) is 0 Å². The molecule has 1 saturated carbocycles. The molecule has 3 fully saturated rings. The molecule has 6 rings (SSSR count). The minimum Gasteiger partial charge on any atom is -0.453 e. The Morgan fingerprint density at radius 3 is 2.68 bits per heavy atom. The fourth-order valence-corrected chi connectivity index (χ4v) is 5.38. The molecule has 3 aliphatic rings. The third-order valence-electron chi connectivity index (χ3n) is 7.07. The van der Waals surface area contributed by atoms with Crippen LogP contribution in [0.5, 0.6) is 0 Å². The molecule has 2 aliphatic heterocycles. The summed E-state index contributed by atoms with van der Waals surface area (Å²) in [6.45, 7) is 10.1. The molecule has 188 valence electrons. The SMILES string of the molecule is [C-]#[N+]c1cnc2c(NC3CC3)nc(Nc3cc(C#N)cc(N4CC5CN(C(=O)OC)CC5C4)c3Cl)nn12. The summed E-state index contributed by atoms with van der Waals surface area (Å²) in [4.78, 5) is 28.2. The Morgan fingerprint density at radius 2 is 2.03 bits per heavy atom. The van der Waals surface area contributed by atoms with Gasteiger partial charge in [-0.15, -0.1) is 4.52 Å². The van der Waals surface area contributed by atoms with E-state index in [1.54, 1.807) is 17.0 Å². The number of hydrogen-bond acceptors (Lipinski definition) is 9. The largest absolute Gasteiger partial charge is 0.453 e. The predicted molar refractivity (Wildman–Crippen MR) is 136 cm³/mol. The van der Waals surface area contributed by atoms with Crippen LogP contribution in [0.2, 0.25) is 5.02 Å². The first-order valence-electron chi connectivity index (χ1n) is 12.0. The Balaban J connectivity index is 1.30. The van der Waals surface area contributed by atoms with Gasteiger partial charge < -0.3 is 30.0 Å². The highest BCUT2D eigenvalue weighted by atomic mass is 35.5. The Kier molecular flexibility index (Phi) is 5.61. The van der Waals surface area contributed by atoms with Gasteiger partial charge in [0.05, 0.1) is 41.3 Å². The number of nitrogens with one attached hydrogen (secondary N) is 2. The number of hydrogen-bond donors (Lipinski definition) is 2. The van der Waals surface area contributed by atoms with Crippen molar-refractivity contribution in [3.8, 4) is 6.07 Å². The third-order valence-corrected chi connectivity index (χ3v) is 7.46. The van der Waals surface area contributed by atoms with E-state index in [2.05, 4.69) is 41.5 Å². The van der Waals surface area contributed by atoms with E-state index >= 15 is 0 Å². The number of aromatic nitrogens is 4. The monoisotopic (exact) mass is 518 g/mol. The predicted octanol–water partition coefficient (Wildman–Crippen LogP) is 3.65. The number of carbonyl (C=O) groups excluding carboxylic acids is 1. The molecule has 3 aromatic rings. The second kappa shape index (κ2) is 8.98. The van der Waals surface area contributed by atoms with E-state index in [4.69, 9.17) is 22.9 Å². The topological polar surface area (TPSA) is 128 Å². The zero-order valence-electron chi connectivity index (χ0n) is 20.0. The van der Waals surface area contributed by atoms with Crippen LogP contribution < -0.4 is 15.5 Å². The van der Waals surface area contributed by atoms with Gasteiger partial charge in [0.25, 0.3) is 17.4 Å². The quantitative estimate of drug-likeness (QED) is 0.486. The maximum atomic E-state index is 11.9. The molecule has 4 heterocycles. The van der Waals surface area contributed by atoms with Crippen molar-refractivity contribution in [2.24, 2.45) is 11.8 Å². The molecule has 12 nitrogen and oxygen atoms in total. The lowest BCUT2D eigenvalue weighted by molar-refractivity contribution is 0.130. The number of amides is 1. The number of rotatable bonds is 5. The molecule has 13 heteroatoms. The summed E-state index contributed by atoms with van der Waals surface area (Å²) in [5.74, 6) is 1.62. The second-order valence-electron chi connectivity index (χ2n) is 9.56. The highest BCUT2D eigenvalue weighted by Gasteiger charge is 2.42. The van der Waals surface area contributed by atoms with Crippen LogP contribution >= 0.6 is 11.6 Å². The van der Waals surface area contributed by atoms with Crippen LogP contribution in [-0.4, -0.2) is 69.9 Å². The highest BCUT2D eigenvalue weighted by molar-refractivity contribution is 6.36. The Morgan fingerprint density at radius 1 is 1.27 bits per heavy atom. The number of methoxy groups -OCH3 is 1. The lowest BCUT2D eigenvalue weighted by Gasteiger charge is -2.24. The number of nitriles is 1. The van der Waals surface area contributed by atoms with Gasteiger partial charge in [-0.05, 0) is 25.0 Å². The normalized spacial score (nSPS) is 20.4. The van der Waals surface area contributed by atoms with Gasteiger partial charge in [-0.3, -0.25) is 0 Å². The molecule has 2 aromatic heterocycles. The van der Waals surface area contributed by atoms with Crippen LogP contribution in [0.1, 0.15) is 18.4 Å². The molecule has 2 saturated heterocycles. The summed E-state index contributed by atoms with van der Waals surface area (Å²) >= 11 is 6.88. The Hall–Kier alpha value is -4.29. The Labute approximate surface area is 217 Å². The van der Waals surface area contributed by atoms with Gasteiger partial charge in [0.15, 0.2) is 5.82 Å². The standard InChI is InChI=1S/C24H23ClN10O2/c1-27-19-8-28-22-21(29-16-3-4-16)31-23(32-35(19)22)30-17-5-13(7-26)6-18(20(17)25)33-9-14-11-34(24(36)37-2)12-15(14)10-33/h5-6,8,14-16H,3-4,9-12H2,2H3,(H2,29,30,31,32). The molecule has 0 radical (unpaired) electrons. The summed E-state index contributed by atoms with van der Waals surface area (Å²) in [7, 11) is 1.39. The van der Waals surface area contributed by atoms with Crippen LogP contribution in [-0.2, 0) is 4.74 Å². The lowest BCUT2D eigenvalue weighted by atomic mass is 10.0. The van der Waals surface area contributed by atoms with E-state index in [1.807, 2.05) is 0 Å².